The van der Waals surface area contributed by atoms with Crippen molar-refractivity contribution in [2.45, 2.75) is 44.8 Å². The van der Waals surface area contributed by atoms with E-state index in [9.17, 15) is 14.4 Å². The fourth-order valence-electron chi connectivity index (χ4n) is 4.84. The molecular weight excluding hydrogens is 500 g/mol. The maximum Gasteiger partial charge on any atom is 0.280 e. The average molecular weight is 529 g/mol. The number of H-pyrrole nitrogens is 1. The van der Waals surface area contributed by atoms with Crippen molar-refractivity contribution in [3.05, 3.63) is 50.6 Å². The second-order valence-electron chi connectivity index (χ2n) is 9.43. The lowest BCUT2D eigenvalue weighted by atomic mass is 9.98. The van der Waals surface area contributed by atoms with Gasteiger partial charge in [0.15, 0.2) is 5.01 Å². The summed E-state index contributed by atoms with van der Waals surface area (Å²) >= 11 is 7.49. The van der Waals surface area contributed by atoms with Gasteiger partial charge < -0.3 is 25.4 Å². The number of likely N-dealkylation sites (tertiary alicyclic amines) is 1. The summed E-state index contributed by atoms with van der Waals surface area (Å²) in [7, 11) is 2.05. The largest absolute Gasteiger partial charge is 0.351 e. The lowest BCUT2D eigenvalue weighted by Crippen LogP contribution is -2.61. The molecule has 0 bridgehead atoms. The van der Waals surface area contributed by atoms with Crippen LogP contribution in [-0.4, -0.2) is 76.3 Å². The molecule has 5 rings (SSSR count). The normalized spacial score (nSPS) is 20.2. The van der Waals surface area contributed by atoms with Gasteiger partial charge in [-0.15, -0.1) is 11.3 Å². The topological polar surface area (TPSA) is 110 Å². The molecule has 1 aromatic carbocycles. The number of carbonyl (C=O) groups excluding carboxylic acids is 3. The van der Waals surface area contributed by atoms with E-state index in [4.69, 9.17) is 11.6 Å². The summed E-state index contributed by atoms with van der Waals surface area (Å²) in [6, 6.07) is 6.39. The van der Waals surface area contributed by atoms with Gasteiger partial charge in [-0.3, -0.25) is 14.4 Å². The highest BCUT2D eigenvalue weighted by molar-refractivity contribution is 7.13. The molecule has 2 atom stereocenters. The SMILES string of the molecule is CCC(=O)N1CC[C@@H](NC(=O)c2cc3cc(Cl)ccc3[nH]2)[C@H](NC(=O)c2nc3c(s2)CN(C)CC3)C1. The Balaban J connectivity index is 1.33. The third-order valence-corrected chi connectivity index (χ3v) is 8.16. The molecule has 0 radical (unpaired) electrons. The Morgan fingerprint density at radius 2 is 1.97 bits per heavy atom. The number of piperidine rings is 1. The van der Waals surface area contributed by atoms with E-state index in [2.05, 4.69) is 32.5 Å². The molecule has 4 heterocycles. The molecule has 1 saturated heterocycles. The van der Waals surface area contributed by atoms with E-state index in [-0.39, 0.29) is 23.8 Å². The zero-order chi connectivity index (χ0) is 25.4. The number of thiazole rings is 1. The first kappa shape index (κ1) is 24.7. The van der Waals surface area contributed by atoms with E-state index >= 15 is 0 Å². The predicted octanol–water partition coefficient (Wildman–Crippen LogP) is 2.81. The molecule has 0 unspecified atom stereocenters. The molecule has 3 N–H and O–H groups in total. The first-order chi connectivity index (χ1) is 17.3. The summed E-state index contributed by atoms with van der Waals surface area (Å²) in [4.78, 5) is 51.5. The molecule has 3 aromatic rings. The maximum atomic E-state index is 13.2. The fourth-order valence-corrected chi connectivity index (χ4v) is 6.12. The quantitative estimate of drug-likeness (QED) is 0.471. The zero-order valence-electron chi connectivity index (χ0n) is 20.3. The highest BCUT2D eigenvalue weighted by Gasteiger charge is 2.34. The predicted molar refractivity (Wildman–Crippen MR) is 139 cm³/mol. The van der Waals surface area contributed by atoms with E-state index in [1.807, 2.05) is 13.0 Å². The standard InChI is InChI=1S/C25H29ClN6O3S/c1-3-22(33)32-9-7-17(28-23(34)19-11-14-10-15(26)4-5-16(14)27-19)20(12-32)29-24(35)25-30-18-6-8-31(2)13-21(18)36-25/h4-5,10-11,17,20,27H,3,6-9,12-13H2,1-2H3,(H,28,34)(H,29,35)/t17-,20-/m1/s1. The summed E-state index contributed by atoms with van der Waals surface area (Å²) in [6.07, 6.45) is 1.75. The lowest BCUT2D eigenvalue weighted by Gasteiger charge is -2.39. The number of aromatic nitrogens is 2. The number of rotatable bonds is 5. The Kier molecular flexibility index (Phi) is 7.00. The van der Waals surface area contributed by atoms with Crippen molar-refractivity contribution in [3.63, 3.8) is 0 Å². The number of amides is 3. The summed E-state index contributed by atoms with van der Waals surface area (Å²) in [6.45, 7) is 4.38. The smallest absolute Gasteiger partial charge is 0.280 e. The highest BCUT2D eigenvalue weighted by Crippen LogP contribution is 2.25. The van der Waals surface area contributed by atoms with Gasteiger partial charge in [-0.2, -0.15) is 0 Å². The van der Waals surface area contributed by atoms with Crippen molar-refractivity contribution in [2.75, 3.05) is 26.7 Å². The third-order valence-electron chi connectivity index (χ3n) is 6.84. The molecule has 2 aliphatic heterocycles. The number of hydrogen-bond acceptors (Lipinski definition) is 6. The van der Waals surface area contributed by atoms with Crippen LogP contribution in [-0.2, 0) is 17.8 Å². The molecule has 1 fully saturated rings. The molecule has 2 aromatic heterocycles. The number of fused-ring (bicyclic) bond motifs is 2. The maximum absolute atomic E-state index is 13.2. The average Bonchev–Trinajstić information content (AvgIpc) is 3.48. The van der Waals surface area contributed by atoms with E-state index in [0.29, 0.717) is 41.7 Å². The van der Waals surface area contributed by atoms with Crippen LogP contribution in [0.25, 0.3) is 10.9 Å². The fraction of sp³-hybridized carbons (Fsp3) is 0.440. The number of halogens is 1. The minimum Gasteiger partial charge on any atom is -0.351 e. The molecular formula is C25H29ClN6O3S. The van der Waals surface area contributed by atoms with Crippen LogP contribution in [0.2, 0.25) is 5.02 Å². The second kappa shape index (κ2) is 10.2. The molecule has 190 valence electrons. The molecule has 11 heteroatoms. The van der Waals surface area contributed by atoms with Gasteiger partial charge in [0, 0.05) is 59.8 Å². The number of nitrogens with zero attached hydrogens (tertiary/aromatic N) is 3. The summed E-state index contributed by atoms with van der Waals surface area (Å²) in [5, 5.41) is 8.00. The van der Waals surface area contributed by atoms with Gasteiger partial charge in [-0.25, -0.2) is 4.98 Å². The van der Waals surface area contributed by atoms with Crippen molar-refractivity contribution >= 4 is 51.6 Å². The van der Waals surface area contributed by atoms with E-state index in [1.54, 1.807) is 23.1 Å². The van der Waals surface area contributed by atoms with Gasteiger partial charge in [-0.1, -0.05) is 18.5 Å². The zero-order valence-corrected chi connectivity index (χ0v) is 21.8. The Bertz CT molecular complexity index is 1320. The van der Waals surface area contributed by atoms with Crippen LogP contribution in [0.5, 0.6) is 0 Å². The highest BCUT2D eigenvalue weighted by atomic mass is 35.5. The molecule has 3 amide bonds. The molecule has 36 heavy (non-hydrogen) atoms. The summed E-state index contributed by atoms with van der Waals surface area (Å²) in [5.41, 5.74) is 2.22. The van der Waals surface area contributed by atoms with E-state index in [1.165, 1.54) is 11.3 Å². The molecule has 0 spiro atoms. The van der Waals surface area contributed by atoms with Crippen molar-refractivity contribution < 1.29 is 14.4 Å². The van der Waals surface area contributed by atoms with Crippen LogP contribution < -0.4 is 10.6 Å². The first-order valence-corrected chi connectivity index (χ1v) is 13.3. The van der Waals surface area contributed by atoms with Crippen LogP contribution in [0, 0.1) is 0 Å². The number of likely N-dealkylation sites (N-methyl/N-ethyl adjacent to an activating group) is 1. The number of aromatic amines is 1. The monoisotopic (exact) mass is 528 g/mol. The van der Waals surface area contributed by atoms with Crippen LogP contribution in [0.3, 0.4) is 0 Å². The Morgan fingerprint density at radius 3 is 2.78 bits per heavy atom. The van der Waals surface area contributed by atoms with Crippen molar-refractivity contribution in [2.24, 2.45) is 0 Å². The van der Waals surface area contributed by atoms with Gasteiger partial charge in [0.1, 0.15) is 5.69 Å². The van der Waals surface area contributed by atoms with E-state index in [0.717, 1.165) is 41.0 Å². The van der Waals surface area contributed by atoms with Crippen molar-refractivity contribution in [3.8, 4) is 0 Å². The molecule has 0 saturated carbocycles. The summed E-state index contributed by atoms with van der Waals surface area (Å²) < 4.78 is 0. The Labute approximate surface area is 218 Å². The second-order valence-corrected chi connectivity index (χ2v) is 11.0. The number of carbonyl (C=O) groups is 3. The number of benzene rings is 1. The molecule has 2 aliphatic rings. The molecule has 0 aliphatic carbocycles. The Hall–Kier alpha value is -2.95. The van der Waals surface area contributed by atoms with Crippen LogP contribution in [0.15, 0.2) is 24.3 Å². The van der Waals surface area contributed by atoms with Crippen LogP contribution in [0.1, 0.15) is 50.6 Å². The number of hydrogen-bond donors (Lipinski definition) is 3. The van der Waals surface area contributed by atoms with Gasteiger partial charge >= 0.3 is 0 Å². The van der Waals surface area contributed by atoms with Gasteiger partial charge in [0.25, 0.3) is 11.8 Å². The minimum atomic E-state index is -0.437. The van der Waals surface area contributed by atoms with Crippen molar-refractivity contribution in [1.82, 2.24) is 30.4 Å². The molecule has 9 nitrogen and oxygen atoms in total. The van der Waals surface area contributed by atoms with Gasteiger partial charge in [0.2, 0.25) is 5.91 Å². The van der Waals surface area contributed by atoms with E-state index < -0.39 is 6.04 Å². The van der Waals surface area contributed by atoms with Crippen LogP contribution in [0.4, 0.5) is 0 Å². The minimum absolute atomic E-state index is 0.0271. The Morgan fingerprint density at radius 1 is 1.17 bits per heavy atom. The van der Waals surface area contributed by atoms with Gasteiger partial charge in [0.05, 0.1) is 17.8 Å². The van der Waals surface area contributed by atoms with Crippen LogP contribution >= 0.6 is 22.9 Å². The van der Waals surface area contributed by atoms with Gasteiger partial charge in [-0.05, 0) is 37.7 Å². The lowest BCUT2D eigenvalue weighted by molar-refractivity contribution is -0.132. The third kappa shape index (κ3) is 5.11. The van der Waals surface area contributed by atoms with Crippen molar-refractivity contribution in [1.29, 1.82) is 0 Å². The number of nitrogens with one attached hydrogen (secondary N) is 3. The first-order valence-electron chi connectivity index (χ1n) is 12.2. The summed E-state index contributed by atoms with van der Waals surface area (Å²) in [5.74, 6) is -0.513.